The van der Waals surface area contributed by atoms with Crippen LogP contribution in [0.3, 0.4) is 0 Å². The van der Waals surface area contributed by atoms with Crippen LogP contribution in [-0.2, 0) is 16.1 Å². The highest BCUT2D eigenvalue weighted by Crippen LogP contribution is 2.14. The molecule has 0 atom stereocenters. The second kappa shape index (κ2) is 8.67. The number of nitrogen functional groups attached to an aromatic ring is 1. The minimum Gasteiger partial charge on any atom is -0.454 e. The Morgan fingerprint density at radius 2 is 1.64 bits per heavy atom. The predicted octanol–water partition coefficient (Wildman–Crippen LogP) is 3.23. The van der Waals surface area contributed by atoms with Crippen molar-refractivity contribution in [3.63, 3.8) is 0 Å². The molecule has 0 amide bonds. The van der Waals surface area contributed by atoms with Crippen LogP contribution < -0.4 is 11.1 Å². The molecule has 3 N–H and O–H groups in total. The summed E-state index contributed by atoms with van der Waals surface area (Å²) in [5.74, 6) is -1.16. The third-order valence-electron chi connectivity index (χ3n) is 3.42. The van der Waals surface area contributed by atoms with Gasteiger partial charge < -0.3 is 15.8 Å². The third kappa shape index (κ3) is 5.56. The number of anilines is 3. The molecule has 9 heteroatoms. The summed E-state index contributed by atoms with van der Waals surface area (Å²) >= 11 is 0. The molecule has 0 spiro atoms. The molecule has 0 saturated carbocycles. The number of hydrogen-bond donors (Lipinski definition) is 2. The molecule has 7 nitrogen and oxygen atoms in total. The van der Waals surface area contributed by atoms with Gasteiger partial charge in [0.2, 0.25) is 11.9 Å². The summed E-state index contributed by atoms with van der Waals surface area (Å²) in [5, 5.41) is 2.86. The van der Waals surface area contributed by atoms with E-state index in [9.17, 15) is 13.6 Å². The van der Waals surface area contributed by atoms with Crippen molar-refractivity contribution in [1.82, 2.24) is 15.0 Å². The Kier molecular flexibility index (Phi) is 5.85. The molecule has 0 aliphatic carbocycles. The second-order valence-corrected chi connectivity index (χ2v) is 5.56. The van der Waals surface area contributed by atoms with Crippen LogP contribution in [0.25, 0.3) is 6.08 Å². The maximum absolute atomic E-state index is 13.0. The summed E-state index contributed by atoms with van der Waals surface area (Å²) in [5.41, 5.74) is 6.84. The topological polar surface area (TPSA) is 103 Å². The minimum absolute atomic E-state index is 0.0625. The number of benzene rings is 2. The van der Waals surface area contributed by atoms with E-state index < -0.39 is 5.97 Å². The number of esters is 1. The SMILES string of the molecule is Nc1nc(COC(=O)/C=C/c2ccc(F)cc2)nc(Nc2ccc(F)cc2)n1. The minimum atomic E-state index is -0.628. The number of hydrogen-bond acceptors (Lipinski definition) is 7. The molecule has 0 bridgehead atoms. The van der Waals surface area contributed by atoms with E-state index in [4.69, 9.17) is 10.5 Å². The number of nitrogens with zero attached hydrogens (tertiary/aromatic N) is 3. The smallest absolute Gasteiger partial charge is 0.331 e. The quantitative estimate of drug-likeness (QED) is 0.497. The lowest BCUT2D eigenvalue weighted by atomic mass is 10.2. The number of nitrogens with two attached hydrogens (primary N) is 1. The van der Waals surface area contributed by atoms with Gasteiger partial charge in [-0.2, -0.15) is 15.0 Å². The number of rotatable bonds is 6. The summed E-state index contributed by atoms with van der Waals surface area (Å²) in [6.07, 6.45) is 2.69. The Balaban J connectivity index is 1.60. The molecule has 1 heterocycles. The number of ether oxygens (including phenoxy) is 1. The number of carbonyl (C=O) groups is 1. The van der Waals surface area contributed by atoms with Crippen LogP contribution in [0.15, 0.2) is 54.6 Å². The fourth-order valence-electron chi connectivity index (χ4n) is 2.14. The van der Waals surface area contributed by atoms with E-state index in [1.54, 1.807) is 0 Å². The van der Waals surface area contributed by atoms with Gasteiger partial charge in [0.05, 0.1) is 0 Å². The lowest BCUT2D eigenvalue weighted by molar-refractivity contribution is -0.139. The van der Waals surface area contributed by atoms with Gasteiger partial charge in [0, 0.05) is 11.8 Å². The van der Waals surface area contributed by atoms with Crippen LogP contribution in [0.5, 0.6) is 0 Å². The van der Waals surface area contributed by atoms with Gasteiger partial charge in [0.1, 0.15) is 11.6 Å². The normalized spacial score (nSPS) is 10.8. The zero-order valence-corrected chi connectivity index (χ0v) is 14.5. The molecule has 0 unspecified atom stereocenters. The fraction of sp³-hybridized carbons (Fsp3) is 0.0526. The molecule has 3 rings (SSSR count). The molecule has 28 heavy (non-hydrogen) atoms. The van der Waals surface area contributed by atoms with Gasteiger partial charge in [-0.1, -0.05) is 12.1 Å². The monoisotopic (exact) mass is 383 g/mol. The highest BCUT2D eigenvalue weighted by atomic mass is 19.1. The first-order valence-corrected chi connectivity index (χ1v) is 8.11. The number of halogens is 2. The number of aromatic nitrogens is 3. The number of nitrogens with one attached hydrogen (secondary N) is 1. The van der Waals surface area contributed by atoms with Crippen molar-refractivity contribution >= 4 is 29.6 Å². The van der Waals surface area contributed by atoms with Crippen LogP contribution in [-0.4, -0.2) is 20.9 Å². The molecule has 2 aromatic carbocycles. The van der Waals surface area contributed by atoms with E-state index in [1.807, 2.05) is 0 Å². The average Bonchev–Trinajstić information content (AvgIpc) is 2.67. The van der Waals surface area contributed by atoms with E-state index in [2.05, 4.69) is 20.3 Å². The van der Waals surface area contributed by atoms with E-state index in [-0.39, 0.29) is 36.0 Å². The molecule has 0 saturated heterocycles. The summed E-state index contributed by atoms with van der Waals surface area (Å²) in [6.45, 7) is -0.225. The molecule has 0 fully saturated rings. The van der Waals surface area contributed by atoms with Gasteiger partial charge in [-0.3, -0.25) is 0 Å². The lowest BCUT2D eigenvalue weighted by Gasteiger charge is -2.07. The molecule has 0 aliphatic rings. The van der Waals surface area contributed by atoms with Gasteiger partial charge in [-0.05, 0) is 48.0 Å². The molecule has 0 aliphatic heterocycles. The van der Waals surface area contributed by atoms with Crippen LogP contribution in [0.4, 0.5) is 26.4 Å². The lowest BCUT2D eigenvalue weighted by Crippen LogP contribution is -2.10. The second-order valence-electron chi connectivity index (χ2n) is 5.56. The first kappa shape index (κ1) is 18.9. The van der Waals surface area contributed by atoms with Crippen molar-refractivity contribution in [2.24, 2.45) is 0 Å². The summed E-state index contributed by atoms with van der Waals surface area (Å²) in [4.78, 5) is 23.7. The Labute approximate surface area is 158 Å². The highest BCUT2D eigenvalue weighted by Gasteiger charge is 2.07. The summed E-state index contributed by atoms with van der Waals surface area (Å²) in [7, 11) is 0. The van der Waals surface area contributed by atoms with Gasteiger partial charge in [0.15, 0.2) is 12.4 Å². The van der Waals surface area contributed by atoms with Crippen molar-refractivity contribution in [3.05, 3.63) is 77.6 Å². The van der Waals surface area contributed by atoms with E-state index in [0.29, 0.717) is 11.3 Å². The molecular formula is C19H15F2N5O2. The Morgan fingerprint density at radius 3 is 2.32 bits per heavy atom. The Hall–Kier alpha value is -3.88. The molecular weight excluding hydrogens is 368 g/mol. The van der Waals surface area contributed by atoms with E-state index in [1.165, 1.54) is 60.7 Å². The first-order chi connectivity index (χ1) is 13.5. The van der Waals surface area contributed by atoms with Crippen LogP contribution in [0.2, 0.25) is 0 Å². The van der Waals surface area contributed by atoms with E-state index in [0.717, 1.165) is 0 Å². The molecule has 1 aromatic heterocycles. The van der Waals surface area contributed by atoms with Crippen molar-refractivity contribution < 1.29 is 18.3 Å². The first-order valence-electron chi connectivity index (χ1n) is 8.11. The zero-order valence-electron chi connectivity index (χ0n) is 14.5. The average molecular weight is 383 g/mol. The third-order valence-corrected chi connectivity index (χ3v) is 3.42. The Bertz CT molecular complexity index is 992. The van der Waals surface area contributed by atoms with Gasteiger partial charge in [-0.25, -0.2) is 13.6 Å². The predicted molar refractivity (Wildman–Crippen MR) is 99.2 cm³/mol. The fourth-order valence-corrected chi connectivity index (χ4v) is 2.14. The van der Waals surface area contributed by atoms with Crippen LogP contribution >= 0.6 is 0 Å². The van der Waals surface area contributed by atoms with Gasteiger partial charge in [-0.15, -0.1) is 0 Å². The van der Waals surface area contributed by atoms with Crippen molar-refractivity contribution in [2.45, 2.75) is 6.61 Å². The van der Waals surface area contributed by atoms with Crippen LogP contribution in [0.1, 0.15) is 11.4 Å². The molecule has 3 aromatic rings. The molecule has 0 radical (unpaired) electrons. The van der Waals surface area contributed by atoms with Crippen LogP contribution in [0, 0.1) is 11.6 Å². The molecule has 142 valence electrons. The van der Waals surface area contributed by atoms with Gasteiger partial charge in [0.25, 0.3) is 0 Å². The zero-order chi connectivity index (χ0) is 19.9. The number of carbonyl (C=O) groups excluding carboxylic acids is 1. The Morgan fingerprint density at radius 1 is 1.00 bits per heavy atom. The van der Waals surface area contributed by atoms with E-state index >= 15 is 0 Å². The maximum atomic E-state index is 13.0. The maximum Gasteiger partial charge on any atom is 0.331 e. The van der Waals surface area contributed by atoms with Gasteiger partial charge >= 0.3 is 5.97 Å². The largest absolute Gasteiger partial charge is 0.454 e. The van der Waals surface area contributed by atoms with Crippen molar-refractivity contribution in [2.75, 3.05) is 11.1 Å². The standard InChI is InChI=1S/C19H15F2N5O2/c20-13-4-1-12(2-5-13)3-10-17(27)28-11-16-24-18(22)26-19(25-16)23-15-8-6-14(21)7-9-15/h1-10H,11H2,(H3,22,23,24,25,26)/b10-3+. The summed E-state index contributed by atoms with van der Waals surface area (Å²) in [6, 6.07) is 11.2. The van der Waals surface area contributed by atoms with Crippen molar-refractivity contribution in [1.29, 1.82) is 0 Å². The van der Waals surface area contributed by atoms with Crippen molar-refractivity contribution in [3.8, 4) is 0 Å². The highest BCUT2D eigenvalue weighted by molar-refractivity contribution is 5.86. The summed E-state index contributed by atoms with van der Waals surface area (Å²) < 4.78 is 30.9.